The molecule has 0 saturated heterocycles. The number of primary amides is 1. The average Bonchev–Trinajstić information content (AvgIpc) is 3.21. The fourth-order valence-corrected chi connectivity index (χ4v) is 5.16. The van der Waals surface area contributed by atoms with Crippen LogP contribution in [0.4, 0.5) is 5.69 Å². The Morgan fingerprint density at radius 1 is 1.06 bits per heavy atom. The topological polar surface area (TPSA) is 125 Å². The molecule has 0 radical (unpaired) electrons. The van der Waals surface area contributed by atoms with Crippen molar-refractivity contribution in [2.45, 2.75) is 57.5 Å². The van der Waals surface area contributed by atoms with E-state index in [4.69, 9.17) is 16.9 Å². The Hall–Kier alpha value is -3.35. The van der Waals surface area contributed by atoms with Crippen molar-refractivity contribution >= 4 is 23.3 Å². The first-order valence-electron chi connectivity index (χ1n) is 11.8. The number of nitrogens with two attached hydrogens (primary N) is 2. The molecular formula is C26H33N5O2. The van der Waals surface area contributed by atoms with Gasteiger partial charge in [0, 0.05) is 29.8 Å². The van der Waals surface area contributed by atoms with E-state index >= 15 is 0 Å². The number of nitrogens with one attached hydrogen (secondary N) is 2. The van der Waals surface area contributed by atoms with Crippen molar-refractivity contribution in [3.8, 4) is 0 Å². The minimum Gasteiger partial charge on any atom is -0.384 e. The fourth-order valence-electron chi connectivity index (χ4n) is 5.16. The highest BCUT2D eigenvalue weighted by Gasteiger charge is 2.38. The minimum absolute atomic E-state index is 0.00131. The Balaban J connectivity index is 1.61. The van der Waals surface area contributed by atoms with Crippen molar-refractivity contribution in [2.75, 3.05) is 11.4 Å². The van der Waals surface area contributed by atoms with Gasteiger partial charge in [-0.05, 0) is 55.0 Å². The van der Waals surface area contributed by atoms with Crippen LogP contribution in [0.15, 0.2) is 42.5 Å². The third-order valence-corrected chi connectivity index (χ3v) is 7.11. The predicted octanol–water partition coefficient (Wildman–Crippen LogP) is 3.26. The van der Waals surface area contributed by atoms with Gasteiger partial charge in [0.1, 0.15) is 11.9 Å². The van der Waals surface area contributed by atoms with Crippen LogP contribution in [-0.4, -0.2) is 30.2 Å². The number of amidine groups is 1. The SMILES string of the molecule is C[C@@H](c1ccc(C(N)=O)cc1)N1c2cc(C(=N)N)ccc2CC1C(=O)NCC1CCCCC1. The zero-order chi connectivity index (χ0) is 23.5. The van der Waals surface area contributed by atoms with Gasteiger partial charge in [0.05, 0.1) is 6.04 Å². The Morgan fingerprint density at radius 2 is 1.73 bits per heavy atom. The van der Waals surface area contributed by atoms with Gasteiger partial charge >= 0.3 is 0 Å². The number of anilines is 1. The Kier molecular flexibility index (Phi) is 6.67. The van der Waals surface area contributed by atoms with Crippen LogP contribution in [0.5, 0.6) is 0 Å². The van der Waals surface area contributed by atoms with E-state index in [1.54, 1.807) is 12.1 Å². The molecule has 1 fully saturated rings. The van der Waals surface area contributed by atoms with E-state index in [1.807, 2.05) is 30.3 Å². The first-order chi connectivity index (χ1) is 15.8. The first-order valence-corrected chi connectivity index (χ1v) is 11.8. The summed E-state index contributed by atoms with van der Waals surface area (Å²) in [7, 11) is 0. The van der Waals surface area contributed by atoms with Gasteiger partial charge < -0.3 is 21.7 Å². The normalized spacial score (nSPS) is 19.1. The van der Waals surface area contributed by atoms with Gasteiger partial charge in [-0.25, -0.2) is 0 Å². The molecule has 2 aliphatic rings. The van der Waals surface area contributed by atoms with Crippen LogP contribution in [0.1, 0.15) is 72.1 Å². The number of hydrogen-bond acceptors (Lipinski definition) is 4. The molecule has 0 aromatic heterocycles. The minimum atomic E-state index is -0.466. The monoisotopic (exact) mass is 447 g/mol. The van der Waals surface area contributed by atoms with Crippen LogP contribution >= 0.6 is 0 Å². The molecule has 33 heavy (non-hydrogen) atoms. The third-order valence-electron chi connectivity index (χ3n) is 7.11. The maximum Gasteiger partial charge on any atom is 0.248 e. The molecule has 4 rings (SSSR count). The van der Waals surface area contributed by atoms with Gasteiger partial charge in [-0.1, -0.05) is 43.5 Å². The number of nitrogen functional groups attached to an aromatic ring is 1. The van der Waals surface area contributed by atoms with E-state index in [0.717, 1.165) is 23.4 Å². The van der Waals surface area contributed by atoms with Crippen molar-refractivity contribution < 1.29 is 9.59 Å². The lowest BCUT2D eigenvalue weighted by Crippen LogP contribution is -2.47. The lowest BCUT2D eigenvalue weighted by Gasteiger charge is -2.34. The van der Waals surface area contributed by atoms with Crippen molar-refractivity contribution in [3.05, 3.63) is 64.7 Å². The van der Waals surface area contributed by atoms with Crippen molar-refractivity contribution in [2.24, 2.45) is 17.4 Å². The Bertz CT molecular complexity index is 1040. The van der Waals surface area contributed by atoms with Crippen LogP contribution in [0.2, 0.25) is 0 Å². The first kappa shape index (κ1) is 22.8. The molecule has 1 heterocycles. The fraction of sp³-hybridized carbons (Fsp3) is 0.423. The van der Waals surface area contributed by atoms with Crippen LogP contribution in [0.25, 0.3) is 0 Å². The Morgan fingerprint density at radius 3 is 2.36 bits per heavy atom. The van der Waals surface area contributed by atoms with Gasteiger partial charge in [0.15, 0.2) is 0 Å². The zero-order valence-electron chi connectivity index (χ0n) is 19.1. The van der Waals surface area contributed by atoms with Crippen LogP contribution < -0.4 is 21.7 Å². The molecule has 6 N–H and O–H groups in total. The average molecular weight is 448 g/mol. The predicted molar refractivity (Wildman–Crippen MR) is 130 cm³/mol. The molecule has 1 unspecified atom stereocenters. The van der Waals surface area contributed by atoms with E-state index in [0.29, 0.717) is 23.5 Å². The van der Waals surface area contributed by atoms with Gasteiger partial charge in [-0.2, -0.15) is 0 Å². The van der Waals surface area contributed by atoms with E-state index in [1.165, 1.54) is 32.1 Å². The standard InChI is InChI=1S/C26H33N5O2/c1-16(18-7-9-19(10-8-18)25(29)32)31-22-14-21(24(27)28)12-11-20(22)13-23(31)26(33)30-15-17-5-3-2-4-6-17/h7-12,14,16-17,23H,2-6,13,15H2,1H3,(H3,27,28)(H2,29,32)(H,30,33)/t16-,23?/m0/s1. The van der Waals surface area contributed by atoms with E-state index < -0.39 is 5.91 Å². The summed E-state index contributed by atoms with van der Waals surface area (Å²) in [6.45, 7) is 2.77. The van der Waals surface area contributed by atoms with E-state index in [2.05, 4.69) is 17.1 Å². The molecule has 174 valence electrons. The van der Waals surface area contributed by atoms with Crippen molar-refractivity contribution in [1.82, 2.24) is 5.32 Å². The van der Waals surface area contributed by atoms with Gasteiger partial charge in [-0.15, -0.1) is 0 Å². The summed E-state index contributed by atoms with van der Waals surface area (Å²) in [4.78, 5) is 27.0. The molecule has 1 aliphatic carbocycles. The van der Waals surface area contributed by atoms with Gasteiger partial charge in [-0.3, -0.25) is 15.0 Å². The zero-order valence-corrected chi connectivity index (χ0v) is 19.1. The second-order valence-electron chi connectivity index (χ2n) is 9.30. The lowest BCUT2D eigenvalue weighted by atomic mass is 9.89. The smallest absolute Gasteiger partial charge is 0.248 e. The molecule has 7 heteroatoms. The van der Waals surface area contributed by atoms with Crippen molar-refractivity contribution in [1.29, 1.82) is 5.41 Å². The van der Waals surface area contributed by atoms with E-state index in [-0.39, 0.29) is 23.8 Å². The molecule has 2 amide bonds. The lowest BCUT2D eigenvalue weighted by molar-refractivity contribution is -0.122. The number of nitrogens with zero attached hydrogens (tertiary/aromatic N) is 1. The van der Waals surface area contributed by atoms with Crippen molar-refractivity contribution in [3.63, 3.8) is 0 Å². The molecule has 1 saturated carbocycles. The molecule has 1 aliphatic heterocycles. The Labute approximate surface area is 195 Å². The molecule has 2 atom stereocenters. The summed E-state index contributed by atoms with van der Waals surface area (Å²) in [5.41, 5.74) is 15.2. The number of benzene rings is 2. The second kappa shape index (κ2) is 9.65. The highest BCUT2D eigenvalue weighted by atomic mass is 16.2. The number of hydrogen-bond donors (Lipinski definition) is 4. The van der Waals surface area contributed by atoms with Gasteiger partial charge in [0.25, 0.3) is 0 Å². The number of carbonyl (C=O) groups excluding carboxylic acids is 2. The molecule has 2 aromatic rings. The quantitative estimate of drug-likeness (QED) is 0.384. The highest BCUT2D eigenvalue weighted by molar-refractivity contribution is 5.97. The number of amides is 2. The van der Waals surface area contributed by atoms with Gasteiger partial charge in [0.2, 0.25) is 11.8 Å². The van der Waals surface area contributed by atoms with Crippen LogP contribution in [0.3, 0.4) is 0 Å². The summed E-state index contributed by atoms with van der Waals surface area (Å²) in [6, 6.07) is 12.4. The second-order valence-corrected chi connectivity index (χ2v) is 9.30. The number of fused-ring (bicyclic) bond motifs is 1. The maximum absolute atomic E-state index is 13.4. The summed E-state index contributed by atoms with van der Waals surface area (Å²) >= 11 is 0. The summed E-state index contributed by atoms with van der Waals surface area (Å²) in [5.74, 6) is 0.123. The molecule has 2 aromatic carbocycles. The maximum atomic E-state index is 13.4. The molecular weight excluding hydrogens is 414 g/mol. The third kappa shape index (κ3) is 4.87. The summed E-state index contributed by atoms with van der Waals surface area (Å²) in [6.07, 6.45) is 6.74. The number of rotatable bonds is 7. The largest absolute Gasteiger partial charge is 0.384 e. The van der Waals surface area contributed by atoms with Crippen LogP contribution in [0, 0.1) is 11.3 Å². The molecule has 0 spiro atoms. The summed E-state index contributed by atoms with van der Waals surface area (Å²) < 4.78 is 0. The molecule has 7 nitrogen and oxygen atoms in total. The molecule has 0 bridgehead atoms. The van der Waals surface area contributed by atoms with Crippen LogP contribution in [-0.2, 0) is 11.2 Å². The summed E-state index contributed by atoms with van der Waals surface area (Å²) in [5, 5.41) is 11.1. The van der Waals surface area contributed by atoms with E-state index in [9.17, 15) is 9.59 Å². The number of carbonyl (C=O) groups is 2. The highest BCUT2D eigenvalue weighted by Crippen LogP contribution is 2.39.